The van der Waals surface area contributed by atoms with Crippen molar-refractivity contribution in [1.29, 1.82) is 0 Å². The summed E-state index contributed by atoms with van der Waals surface area (Å²) in [5.41, 5.74) is 0. The van der Waals surface area contributed by atoms with Gasteiger partial charge >= 0.3 is 0 Å². The van der Waals surface area contributed by atoms with E-state index >= 15 is 0 Å². The van der Waals surface area contributed by atoms with E-state index in [9.17, 15) is 13.2 Å². The minimum atomic E-state index is -3.36. The number of hydrogen-bond acceptors (Lipinski definition) is 3. The lowest BCUT2D eigenvalue weighted by atomic mass is 10.0. The molecule has 0 spiro atoms. The Morgan fingerprint density at radius 3 is 2.39 bits per heavy atom. The van der Waals surface area contributed by atoms with Crippen molar-refractivity contribution in [3.8, 4) is 0 Å². The van der Waals surface area contributed by atoms with Crippen LogP contribution in [0.2, 0.25) is 0 Å². The average molecular weight is 274 g/mol. The highest BCUT2D eigenvalue weighted by molar-refractivity contribution is 7.86. The van der Waals surface area contributed by atoms with E-state index in [4.69, 9.17) is 0 Å². The van der Waals surface area contributed by atoms with Crippen LogP contribution in [0.4, 0.5) is 0 Å². The van der Waals surface area contributed by atoms with Crippen molar-refractivity contribution in [2.24, 2.45) is 11.8 Å². The van der Waals surface area contributed by atoms with Gasteiger partial charge in [-0.1, -0.05) is 13.8 Å². The van der Waals surface area contributed by atoms with Gasteiger partial charge in [0, 0.05) is 38.5 Å². The van der Waals surface area contributed by atoms with Crippen LogP contribution in [0.3, 0.4) is 0 Å². The fourth-order valence-electron chi connectivity index (χ4n) is 2.71. The quantitative estimate of drug-likeness (QED) is 0.751. The summed E-state index contributed by atoms with van der Waals surface area (Å²) < 4.78 is 28.0. The van der Waals surface area contributed by atoms with Gasteiger partial charge in [-0.2, -0.15) is 17.0 Å². The summed E-state index contributed by atoms with van der Waals surface area (Å²) >= 11 is 0. The van der Waals surface area contributed by atoms with Crippen LogP contribution in [0.25, 0.3) is 0 Å². The maximum absolute atomic E-state index is 12.5. The molecule has 0 N–H and O–H groups in total. The SMILES string of the molecule is CC1CCCN(S(=O)(=O)N2CCC(=O)C(C)C2)C1. The number of carbonyl (C=O) groups is 1. The second-order valence-corrected chi connectivity index (χ2v) is 7.52. The highest BCUT2D eigenvalue weighted by atomic mass is 32.2. The molecule has 2 aliphatic rings. The summed E-state index contributed by atoms with van der Waals surface area (Å²) in [6.45, 7) is 5.81. The van der Waals surface area contributed by atoms with E-state index in [1.54, 1.807) is 4.31 Å². The van der Waals surface area contributed by atoms with Crippen molar-refractivity contribution < 1.29 is 13.2 Å². The first-order valence-corrected chi connectivity index (χ1v) is 8.09. The van der Waals surface area contributed by atoms with E-state index in [1.807, 2.05) is 6.92 Å². The van der Waals surface area contributed by atoms with Crippen LogP contribution in [-0.4, -0.2) is 49.0 Å². The van der Waals surface area contributed by atoms with Crippen LogP contribution in [-0.2, 0) is 15.0 Å². The molecule has 5 nitrogen and oxygen atoms in total. The molecule has 18 heavy (non-hydrogen) atoms. The summed E-state index contributed by atoms with van der Waals surface area (Å²) in [5.74, 6) is 0.432. The van der Waals surface area contributed by atoms with Gasteiger partial charge in [-0.25, -0.2) is 0 Å². The van der Waals surface area contributed by atoms with Crippen molar-refractivity contribution in [1.82, 2.24) is 8.61 Å². The van der Waals surface area contributed by atoms with Crippen molar-refractivity contribution in [2.75, 3.05) is 26.2 Å². The molecule has 2 rings (SSSR count). The Bertz CT molecular complexity index is 421. The average Bonchev–Trinajstić information content (AvgIpc) is 2.32. The highest BCUT2D eigenvalue weighted by Crippen LogP contribution is 2.23. The number of hydrogen-bond donors (Lipinski definition) is 0. The molecule has 0 aliphatic carbocycles. The zero-order valence-corrected chi connectivity index (χ0v) is 11.9. The number of rotatable bonds is 2. The molecule has 0 bridgehead atoms. The number of ketones is 1. The standard InChI is InChI=1S/C12H22N2O3S/c1-10-4-3-6-13(8-10)18(16,17)14-7-5-12(15)11(2)9-14/h10-11H,3-9H2,1-2H3. The zero-order chi connectivity index (χ0) is 13.3. The Morgan fingerprint density at radius 1 is 1.11 bits per heavy atom. The van der Waals surface area contributed by atoms with E-state index in [0.717, 1.165) is 12.8 Å². The smallest absolute Gasteiger partial charge is 0.282 e. The van der Waals surface area contributed by atoms with Crippen LogP contribution in [0.1, 0.15) is 33.1 Å². The maximum atomic E-state index is 12.5. The van der Waals surface area contributed by atoms with Gasteiger partial charge in [0.25, 0.3) is 10.2 Å². The summed E-state index contributed by atoms with van der Waals surface area (Å²) in [4.78, 5) is 11.5. The molecule has 0 saturated carbocycles. The summed E-state index contributed by atoms with van der Waals surface area (Å²) in [6, 6.07) is 0. The molecule has 6 heteroatoms. The summed E-state index contributed by atoms with van der Waals surface area (Å²) in [7, 11) is -3.36. The number of nitrogens with zero attached hydrogens (tertiary/aromatic N) is 2. The lowest BCUT2D eigenvalue weighted by Gasteiger charge is -2.37. The van der Waals surface area contributed by atoms with E-state index in [2.05, 4.69) is 6.92 Å². The lowest BCUT2D eigenvalue weighted by molar-refractivity contribution is -0.124. The molecule has 0 radical (unpaired) electrons. The fraction of sp³-hybridized carbons (Fsp3) is 0.917. The molecule has 0 aromatic carbocycles. The largest absolute Gasteiger partial charge is 0.299 e. The Balaban J connectivity index is 2.08. The number of carbonyl (C=O) groups excluding carboxylic acids is 1. The monoisotopic (exact) mass is 274 g/mol. The predicted molar refractivity (Wildman–Crippen MR) is 69.3 cm³/mol. The molecule has 0 amide bonds. The van der Waals surface area contributed by atoms with E-state index < -0.39 is 10.2 Å². The van der Waals surface area contributed by atoms with Gasteiger partial charge in [0.15, 0.2) is 0 Å². The third-order valence-corrected chi connectivity index (χ3v) is 5.88. The van der Waals surface area contributed by atoms with Gasteiger partial charge in [-0.05, 0) is 18.8 Å². The zero-order valence-electron chi connectivity index (χ0n) is 11.1. The fourth-order valence-corrected chi connectivity index (χ4v) is 4.57. The number of Topliss-reactive ketones (excluding diaryl/α,β-unsaturated/α-hetero) is 1. The first-order chi connectivity index (χ1) is 8.41. The first-order valence-electron chi connectivity index (χ1n) is 6.69. The first kappa shape index (κ1) is 14.0. The van der Waals surface area contributed by atoms with Gasteiger partial charge in [0.1, 0.15) is 5.78 Å². The lowest BCUT2D eigenvalue weighted by Crippen LogP contribution is -2.51. The van der Waals surface area contributed by atoms with Crippen molar-refractivity contribution in [3.05, 3.63) is 0 Å². The van der Waals surface area contributed by atoms with Crippen LogP contribution in [0, 0.1) is 11.8 Å². The highest BCUT2D eigenvalue weighted by Gasteiger charge is 2.36. The van der Waals surface area contributed by atoms with Crippen molar-refractivity contribution in [2.45, 2.75) is 33.1 Å². The minimum Gasteiger partial charge on any atom is -0.299 e. The van der Waals surface area contributed by atoms with E-state index in [1.165, 1.54) is 4.31 Å². The molecule has 104 valence electrons. The summed E-state index contributed by atoms with van der Waals surface area (Å²) in [6.07, 6.45) is 2.38. The van der Waals surface area contributed by atoms with Gasteiger partial charge in [0.05, 0.1) is 0 Å². The molecular weight excluding hydrogens is 252 g/mol. The molecule has 0 aromatic heterocycles. The van der Waals surface area contributed by atoms with Crippen molar-refractivity contribution >= 4 is 16.0 Å². The third kappa shape index (κ3) is 2.75. The van der Waals surface area contributed by atoms with E-state index in [-0.39, 0.29) is 11.7 Å². The molecule has 2 unspecified atom stereocenters. The topological polar surface area (TPSA) is 57.7 Å². The van der Waals surface area contributed by atoms with Gasteiger partial charge in [-0.3, -0.25) is 4.79 Å². The Kier molecular flexibility index (Phi) is 4.08. The molecule has 2 atom stereocenters. The molecule has 0 aromatic rings. The second kappa shape index (κ2) is 5.27. The molecule has 2 saturated heterocycles. The van der Waals surface area contributed by atoms with Crippen LogP contribution in [0.5, 0.6) is 0 Å². The maximum Gasteiger partial charge on any atom is 0.282 e. The van der Waals surface area contributed by atoms with Gasteiger partial charge < -0.3 is 0 Å². The molecule has 2 fully saturated rings. The second-order valence-electron chi connectivity index (χ2n) is 5.59. The van der Waals surface area contributed by atoms with Gasteiger partial charge in [-0.15, -0.1) is 0 Å². The van der Waals surface area contributed by atoms with Gasteiger partial charge in [0.2, 0.25) is 0 Å². The van der Waals surface area contributed by atoms with E-state index in [0.29, 0.717) is 38.5 Å². The third-order valence-electron chi connectivity index (χ3n) is 3.91. The van der Waals surface area contributed by atoms with Crippen LogP contribution in [0.15, 0.2) is 0 Å². The van der Waals surface area contributed by atoms with Crippen molar-refractivity contribution in [3.63, 3.8) is 0 Å². The molecule has 2 heterocycles. The summed E-state index contributed by atoms with van der Waals surface area (Å²) in [5, 5.41) is 0. The predicted octanol–water partition coefficient (Wildman–Crippen LogP) is 0.874. The Morgan fingerprint density at radius 2 is 1.78 bits per heavy atom. The molecule has 2 aliphatic heterocycles. The van der Waals surface area contributed by atoms with Crippen LogP contribution >= 0.6 is 0 Å². The minimum absolute atomic E-state index is 0.171. The molecular formula is C12H22N2O3S. The normalized spacial score (nSPS) is 32.7. The number of piperidine rings is 2. The Hall–Kier alpha value is -0.460. The Labute approximate surface area is 109 Å². The van der Waals surface area contributed by atoms with Crippen LogP contribution < -0.4 is 0 Å².